The predicted molar refractivity (Wildman–Crippen MR) is 75.2 cm³/mol. The summed E-state index contributed by atoms with van der Waals surface area (Å²) in [6.07, 6.45) is 0. The zero-order chi connectivity index (χ0) is 14.5. The molecule has 6 heteroatoms. The molecule has 2 aromatic carbocycles. The van der Waals surface area contributed by atoms with Crippen LogP contribution in [-0.4, -0.2) is 11.8 Å². The van der Waals surface area contributed by atoms with Crippen LogP contribution in [0.1, 0.15) is 15.9 Å². The summed E-state index contributed by atoms with van der Waals surface area (Å²) >= 11 is 3.30. The molecule has 4 nitrogen and oxygen atoms in total. The monoisotopic (exact) mass is 337 g/mol. The fraction of sp³-hybridized carbons (Fsp3) is 0. The second-order valence-electron chi connectivity index (χ2n) is 3.89. The Morgan fingerprint density at radius 3 is 2.45 bits per heavy atom. The molecule has 2 aromatic rings. The van der Waals surface area contributed by atoms with Crippen LogP contribution in [0.3, 0.4) is 0 Å². The maximum absolute atomic E-state index is 13.4. The summed E-state index contributed by atoms with van der Waals surface area (Å²) in [5, 5.41) is 2.31. The van der Waals surface area contributed by atoms with Gasteiger partial charge in [0.2, 0.25) is 0 Å². The Morgan fingerprint density at radius 2 is 1.80 bits per heavy atom. The van der Waals surface area contributed by atoms with Gasteiger partial charge in [-0.2, -0.15) is 0 Å². The van der Waals surface area contributed by atoms with E-state index in [-0.39, 0.29) is 11.4 Å². The van der Waals surface area contributed by atoms with E-state index in [1.165, 1.54) is 18.2 Å². The summed E-state index contributed by atoms with van der Waals surface area (Å²) < 4.78 is 14.3. The van der Waals surface area contributed by atoms with Crippen molar-refractivity contribution in [3.8, 4) is 0 Å². The van der Waals surface area contributed by atoms with Gasteiger partial charge in [-0.3, -0.25) is 10.6 Å². The maximum Gasteiger partial charge on any atom is 0.390 e. The van der Waals surface area contributed by atoms with Gasteiger partial charge in [-0.25, -0.2) is 9.18 Å². The summed E-state index contributed by atoms with van der Waals surface area (Å²) in [5.41, 5.74) is 6.21. The first kappa shape index (κ1) is 14.2. The normalized spacial score (nSPS) is 11.2. The van der Waals surface area contributed by atoms with Crippen molar-refractivity contribution in [2.75, 3.05) is 0 Å². The Bertz CT molecular complexity index is 656. The van der Waals surface area contributed by atoms with Crippen LogP contribution < -0.4 is 10.9 Å². The van der Waals surface area contributed by atoms with Gasteiger partial charge in [0, 0.05) is 4.47 Å². The van der Waals surface area contributed by atoms with Gasteiger partial charge < -0.3 is 0 Å². The van der Waals surface area contributed by atoms with E-state index in [1.54, 1.807) is 30.3 Å². The lowest BCUT2D eigenvalue weighted by molar-refractivity contribution is -0.721. The smallest absolute Gasteiger partial charge is 0.284 e. The first-order valence-electron chi connectivity index (χ1n) is 5.68. The van der Waals surface area contributed by atoms with Crippen LogP contribution >= 0.6 is 15.9 Å². The standard InChI is InChI=1S/C14H10BrFN2O2/c15-10-7-5-9(6-8-10)13(17)18-20-14(19)11-3-1-2-4-12(11)16/h1-8H,(H2,17,18)/p+1. The number of benzene rings is 2. The number of hydrogen-bond acceptors (Lipinski definition) is 2. The first-order valence-corrected chi connectivity index (χ1v) is 6.47. The van der Waals surface area contributed by atoms with Gasteiger partial charge in [0.1, 0.15) is 11.4 Å². The molecule has 0 atom stereocenters. The average Bonchev–Trinajstić information content (AvgIpc) is 2.45. The fourth-order valence-electron chi connectivity index (χ4n) is 1.47. The van der Waals surface area contributed by atoms with E-state index in [4.69, 9.17) is 10.6 Å². The Kier molecular flexibility index (Phi) is 4.47. The summed E-state index contributed by atoms with van der Waals surface area (Å²) in [5.74, 6) is -1.34. The third-order valence-corrected chi connectivity index (χ3v) is 3.03. The third-order valence-electron chi connectivity index (χ3n) is 2.50. The minimum atomic E-state index is -0.844. The number of amidine groups is 1. The number of halogens is 2. The highest BCUT2D eigenvalue weighted by Gasteiger charge is 2.14. The van der Waals surface area contributed by atoms with Crippen molar-refractivity contribution in [1.29, 1.82) is 0 Å². The van der Waals surface area contributed by atoms with Crippen LogP contribution in [0.15, 0.2) is 53.0 Å². The van der Waals surface area contributed by atoms with Crippen LogP contribution in [0.2, 0.25) is 0 Å². The van der Waals surface area contributed by atoms with Crippen molar-refractivity contribution in [3.05, 3.63) is 69.9 Å². The molecule has 0 amide bonds. The lowest BCUT2D eigenvalue weighted by Gasteiger charge is -1.99. The molecule has 0 spiro atoms. The molecule has 0 radical (unpaired) electrons. The van der Waals surface area contributed by atoms with E-state index in [1.807, 2.05) is 0 Å². The van der Waals surface area contributed by atoms with Crippen LogP contribution in [0, 0.1) is 5.82 Å². The minimum absolute atomic E-state index is 0.155. The number of carbonyl (C=O) groups excluding carboxylic acids is 1. The zero-order valence-electron chi connectivity index (χ0n) is 10.3. The number of carbonyl (C=O) groups is 1. The largest absolute Gasteiger partial charge is 0.390 e. The molecule has 0 unspecified atom stereocenters. The van der Waals surface area contributed by atoms with Gasteiger partial charge in [0.05, 0.1) is 5.56 Å². The summed E-state index contributed by atoms with van der Waals surface area (Å²) in [6.45, 7) is 0. The number of hydrogen-bond donors (Lipinski definition) is 2. The lowest BCUT2D eigenvalue weighted by Crippen LogP contribution is -2.75. The average molecular weight is 338 g/mol. The number of rotatable bonds is 3. The van der Waals surface area contributed by atoms with Crippen LogP contribution in [-0.2, 0) is 4.84 Å². The fourth-order valence-corrected chi connectivity index (χ4v) is 1.74. The second-order valence-corrected chi connectivity index (χ2v) is 4.81. The molecule has 0 heterocycles. The van der Waals surface area contributed by atoms with Crippen LogP contribution in [0.25, 0.3) is 0 Å². The van der Waals surface area contributed by atoms with Crippen molar-refractivity contribution in [3.63, 3.8) is 0 Å². The van der Waals surface area contributed by atoms with Crippen molar-refractivity contribution in [2.24, 2.45) is 5.73 Å². The van der Waals surface area contributed by atoms with Gasteiger partial charge in [-0.05, 0) is 36.4 Å². The molecule has 0 aliphatic carbocycles. The van der Waals surface area contributed by atoms with E-state index < -0.39 is 11.8 Å². The molecular weight excluding hydrogens is 327 g/mol. The SMILES string of the molecule is NC(=[NH+]OC(=O)c1ccccc1F)c1ccc(Br)cc1. The van der Waals surface area contributed by atoms with E-state index in [0.29, 0.717) is 5.56 Å². The minimum Gasteiger partial charge on any atom is -0.284 e. The molecule has 0 saturated carbocycles. The van der Waals surface area contributed by atoms with Gasteiger partial charge in [0.25, 0.3) is 0 Å². The predicted octanol–water partition coefficient (Wildman–Crippen LogP) is 1.15. The molecule has 0 aliphatic rings. The molecule has 2 rings (SSSR count). The van der Waals surface area contributed by atoms with E-state index in [0.717, 1.165) is 4.47 Å². The summed E-state index contributed by atoms with van der Waals surface area (Å²) in [4.78, 5) is 16.4. The highest BCUT2D eigenvalue weighted by molar-refractivity contribution is 9.10. The molecular formula is C14H11BrFN2O2+. The molecule has 0 aromatic heterocycles. The van der Waals surface area contributed by atoms with Gasteiger partial charge in [0.15, 0.2) is 0 Å². The Morgan fingerprint density at radius 1 is 1.15 bits per heavy atom. The number of nitrogens with one attached hydrogen (secondary N) is 1. The van der Waals surface area contributed by atoms with E-state index >= 15 is 0 Å². The number of nitrogen functional groups attached to an aromatic ring is 1. The highest BCUT2D eigenvalue weighted by atomic mass is 79.9. The van der Waals surface area contributed by atoms with Gasteiger partial charge >= 0.3 is 11.8 Å². The van der Waals surface area contributed by atoms with Crippen molar-refractivity contribution in [1.82, 2.24) is 0 Å². The van der Waals surface area contributed by atoms with Crippen molar-refractivity contribution < 1.29 is 19.2 Å². The molecule has 102 valence electrons. The molecule has 20 heavy (non-hydrogen) atoms. The number of nitrogens with two attached hydrogens (primary N) is 1. The van der Waals surface area contributed by atoms with Gasteiger partial charge in [-0.1, -0.05) is 33.2 Å². The molecule has 3 N–H and O–H groups in total. The second kappa shape index (κ2) is 6.29. The van der Waals surface area contributed by atoms with E-state index in [2.05, 4.69) is 21.1 Å². The Balaban J connectivity index is 2.11. The zero-order valence-corrected chi connectivity index (χ0v) is 11.9. The summed E-state index contributed by atoms with van der Waals surface area (Å²) in [7, 11) is 0. The Labute approximate surface area is 123 Å². The first-order chi connectivity index (χ1) is 9.58. The quantitative estimate of drug-likeness (QED) is 0.382. The Hall–Kier alpha value is -2.21. The maximum atomic E-state index is 13.4. The molecule has 0 fully saturated rings. The highest BCUT2D eigenvalue weighted by Crippen LogP contribution is 2.09. The van der Waals surface area contributed by atoms with Crippen molar-refractivity contribution >= 4 is 27.7 Å². The third kappa shape index (κ3) is 3.42. The summed E-state index contributed by atoms with van der Waals surface area (Å²) in [6, 6.07) is 12.6. The van der Waals surface area contributed by atoms with Crippen LogP contribution in [0.5, 0.6) is 0 Å². The topological polar surface area (TPSA) is 66.3 Å². The van der Waals surface area contributed by atoms with E-state index in [9.17, 15) is 9.18 Å². The van der Waals surface area contributed by atoms with Crippen molar-refractivity contribution in [2.45, 2.75) is 0 Å². The molecule has 0 bridgehead atoms. The van der Waals surface area contributed by atoms with Crippen LogP contribution in [0.4, 0.5) is 4.39 Å². The van der Waals surface area contributed by atoms with Gasteiger partial charge in [-0.15, -0.1) is 0 Å². The lowest BCUT2D eigenvalue weighted by atomic mass is 10.2. The molecule has 0 saturated heterocycles. The molecule has 0 aliphatic heterocycles.